The topological polar surface area (TPSA) is 85.4 Å². The minimum Gasteiger partial charge on any atom is -0.463 e. The van der Waals surface area contributed by atoms with Gasteiger partial charge < -0.3 is 14.2 Å². The molecule has 1 atom stereocenters. The summed E-state index contributed by atoms with van der Waals surface area (Å²) < 4.78 is 15.8. The third-order valence-corrected chi connectivity index (χ3v) is 3.34. The molecule has 1 rings (SSSR count). The lowest BCUT2D eigenvalue weighted by Gasteiger charge is -2.42. The van der Waals surface area contributed by atoms with E-state index in [1.54, 1.807) is 41.5 Å². The fourth-order valence-corrected chi connectivity index (χ4v) is 2.39. The molecule has 9 heteroatoms. The fourth-order valence-electron chi connectivity index (χ4n) is 2.31. The number of amides is 2. The maximum atomic E-state index is 12.7. The predicted molar refractivity (Wildman–Crippen MR) is 95.7 cm³/mol. The van der Waals surface area contributed by atoms with Crippen molar-refractivity contribution in [1.29, 1.82) is 0 Å². The zero-order chi connectivity index (χ0) is 20.1. The molecule has 0 radical (unpaired) electrons. The van der Waals surface area contributed by atoms with Gasteiger partial charge in [-0.05, 0) is 54.4 Å². The lowest BCUT2D eigenvalue weighted by Crippen LogP contribution is -2.61. The molecule has 0 aliphatic carbocycles. The summed E-state index contributed by atoms with van der Waals surface area (Å²) in [6.07, 6.45) is -0.673. The number of hydrogen-bond donors (Lipinski definition) is 0. The summed E-state index contributed by atoms with van der Waals surface area (Å²) in [7, 11) is 0. The molecule has 1 aliphatic rings. The molecule has 8 nitrogen and oxygen atoms in total. The minimum atomic E-state index is -0.977. The summed E-state index contributed by atoms with van der Waals surface area (Å²) in [6, 6.07) is -0.977. The number of ether oxygens (including phenoxy) is 3. The van der Waals surface area contributed by atoms with Crippen LogP contribution in [0.4, 0.5) is 9.59 Å². The Bertz CT molecular complexity index is 526. The van der Waals surface area contributed by atoms with Crippen LogP contribution < -0.4 is 0 Å². The van der Waals surface area contributed by atoms with E-state index in [2.05, 4.69) is 0 Å². The second-order valence-electron chi connectivity index (χ2n) is 7.94. The van der Waals surface area contributed by atoms with Crippen LogP contribution in [0.25, 0.3) is 0 Å². The Morgan fingerprint density at radius 2 is 1.54 bits per heavy atom. The normalized spacial score (nSPS) is 18.3. The Morgan fingerprint density at radius 3 is 2.04 bits per heavy atom. The van der Waals surface area contributed by atoms with Crippen molar-refractivity contribution < 1.29 is 28.6 Å². The van der Waals surface area contributed by atoms with Gasteiger partial charge >= 0.3 is 18.2 Å². The Hall–Kier alpha value is -1.70. The number of nitrogens with zero attached hydrogens (tertiary/aromatic N) is 2. The van der Waals surface area contributed by atoms with Crippen LogP contribution in [-0.4, -0.2) is 64.4 Å². The van der Waals surface area contributed by atoms with Crippen molar-refractivity contribution in [3.8, 4) is 0 Å². The van der Waals surface area contributed by atoms with Gasteiger partial charge in [-0.1, -0.05) is 0 Å². The van der Waals surface area contributed by atoms with E-state index >= 15 is 0 Å². The number of halogens is 1. The molecule has 0 bridgehead atoms. The first-order chi connectivity index (χ1) is 11.9. The molecular formula is C17H29ClN2O6. The third-order valence-electron chi connectivity index (χ3n) is 3.18. The maximum Gasteiger partial charge on any atom is 0.430 e. The highest BCUT2D eigenvalue weighted by Gasteiger charge is 2.44. The van der Waals surface area contributed by atoms with E-state index < -0.39 is 35.4 Å². The average Bonchev–Trinajstić information content (AvgIpc) is 2.48. The molecule has 0 unspecified atom stereocenters. The zero-order valence-electron chi connectivity index (χ0n) is 16.3. The van der Waals surface area contributed by atoms with Crippen LogP contribution in [-0.2, 0) is 19.0 Å². The van der Waals surface area contributed by atoms with Gasteiger partial charge in [0, 0.05) is 6.54 Å². The number of esters is 1. The molecule has 1 heterocycles. The van der Waals surface area contributed by atoms with Crippen LogP contribution in [0, 0.1) is 0 Å². The summed E-state index contributed by atoms with van der Waals surface area (Å²) in [6.45, 7) is 10.5. The first-order valence-corrected chi connectivity index (χ1v) is 9.14. The van der Waals surface area contributed by atoms with Crippen LogP contribution in [0.5, 0.6) is 0 Å². The van der Waals surface area contributed by atoms with E-state index in [1.807, 2.05) is 0 Å². The van der Waals surface area contributed by atoms with E-state index in [-0.39, 0.29) is 19.0 Å². The van der Waals surface area contributed by atoms with Gasteiger partial charge in [0.1, 0.15) is 17.8 Å². The van der Waals surface area contributed by atoms with Crippen LogP contribution in [0.15, 0.2) is 0 Å². The van der Waals surface area contributed by atoms with Gasteiger partial charge in [0.2, 0.25) is 0 Å². The molecule has 0 saturated carbocycles. The SMILES string of the molecule is CC(C)(C)OC(=O)N1CCC[C@@H](C(=O)OCCCl)N1C(=O)OC(C)(C)C. The Balaban J connectivity index is 3.10. The predicted octanol–water partition coefficient (Wildman–Crippen LogP) is 3.32. The van der Waals surface area contributed by atoms with Crippen molar-refractivity contribution in [3.63, 3.8) is 0 Å². The summed E-state index contributed by atoms with van der Waals surface area (Å²) in [5, 5.41) is 2.11. The van der Waals surface area contributed by atoms with Crippen LogP contribution in [0.3, 0.4) is 0 Å². The highest BCUT2D eigenvalue weighted by Crippen LogP contribution is 2.25. The number of rotatable bonds is 3. The maximum absolute atomic E-state index is 12.7. The largest absolute Gasteiger partial charge is 0.463 e. The van der Waals surface area contributed by atoms with Crippen molar-refractivity contribution in [3.05, 3.63) is 0 Å². The second-order valence-corrected chi connectivity index (χ2v) is 8.32. The number of alkyl halides is 1. The summed E-state index contributed by atoms with van der Waals surface area (Å²) in [4.78, 5) is 37.6. The zero-order valence-corrected chi connectivity index (χ0v) is 17.1. The first kappa shape index (κ1) is 22.3. The van der Waals surface area contributed by atoms with Crippen molar-refractivity contribution in [2.24, 2.45) is 0 Å². The standard InChI is InChI=1S/C17H29ClN2O6/c1-16(2,3)25-14(22)19-10-7-8-12(13(21)24-11-9-18)20(19)15(23)26-17(4,5)6/h12H,7-11H2,1-6H3/t12-/m0/s1. The fraction of sp³-hybridized carbons (Fsp3) is 0.824. The van der Waals surface area contributed by atoms with Gasteiger partial charge in [0.25, 0.3) is 0 Å². The van der Waals surface area contributed by atoms with E-state index in [0.29, 0.717) is 12.8 Å². The molecule has 1 fully saturated rings. The van der Waals surface area contributed by atoms with Gasteiger partial charge in [-0.25, -0.2) is 19.4 Å². The highest BCUT2D eigenvalue weighted by atomic mass is 35.5. The lowest BCUT2D eigenvalue weighted by atomic mass is 10.1. The van der Waals surface area contributed by atoms with Crippen LogP contribution in [0.2, 0.25) is 0 Å². The molecule has 2 amide bonds. The Morgan fingerprint density at radius 1 is 1.00 bits per heavy atom. The van der Waals surface area contributed by atoms with E-state index in [4.69, 9.17) is 25.8 Å². The lowest BCUT2D eigenvalue weighted by molar-refractivity contribution is -0.161. The molecule has 1 aliphatic heterocycles. The average molecular weight is 393 g/mol. The summed E-state index contributed by atoms with van der Waals surface area (Å²) >= 11 is 5.56. The molecule has 0 N–H and O–H groups in total. The quantitative estimate of drug-likeness (QED) is 0.416. The van der Waals surface area contributed by atoms with E-state index in [1.165, 1.54) is 0 Å². The van der Waals surface area contributed by atoms with Crippen molar-refractivity contribution in [2.45, 2.75) is 71.6 Å². The molecule has 150 valence electrons. The molecular weight excluding hydrogens is 364 g/mol. The smallest absolute Gasteiger partial charge is 0.430 e. The summed E-state index contributed by atoms with van der Waals surface area (Å²) in [5.41, 5.74) is -1.54. The Kier molecular flexibility index (Phi) is 7.56. The molecule has 1 saturated heterocycles. The highest BCUT2D eigenvalue weighted by molar-refractivity contribution is 6.18. The van der Waals surface area contributed by atoms with Crippen molar-refractivity contribution in [2.75, 3.05) is 19.0 Å². The minimum absolute atomic E-state index is 0.0193. The van der Waals surface area contributed by atoms with Crippen molar-refractivity contribution in [1.82, 2.24) is 10.0 Å². The van der Waals surface area contributed by atoms with Crippen LogP contribution in [0.1, 0.15) is 54.4 Å². The monoisotopic (exact) mass is 392 g/mol. The van der Waals surface area contributed by atoms with Crippen molar-refractivity contribution >= 4 is 29.8 Å². The van der Waals surface area contributed by atoms with E-state index in [9.17, 15) is 14.4 Å². The molecule has 26 heavy (non-hydrogen) atoms. The number of carbonyl (C=O) groups is 3. The molecule has 0 spiro atoms. The van der Waals surface area contributed by atoms with Gasteiger partial charge in [-0.3, -0.25) is 0 Å². The number of hydrogen-bond acceptors (Lipinski definition) is 6. The number of carbonyl (C=O) groups excluding carboxylic acids is 3. The second kappa shape index (κ2) is 8.79. The van der Waals surface area contributed by atoms with Crippen LogP contribution >= 0.6 is 11.6 Å². The van der Waals surface area contributed by atoms with Gasteiger partial charge in [-0.15, -0.1) is 11.6 Å². The first-order valence-electron chi connectivity index (χ1n) is 8.61. The van der Waals surface area contributed by atoms with E-state index in [0.717, 1.165) is 10.0 Å². The van der Waals surface area contributed by atoms with Gasteiger partial charge in [0.15, 0.2) is 6.04 Å². The molecule has 0 aromatic heterocycles. The molecule has 0 aromatic carbocycles. The molecule has 0 aromatic rings. The van der Waals surface area contributed by atoms with Gasteiger partial charge in [0.05, 0.1) is 5.88 Å². The number of hydrazine groups is 1. The van der Waals surface area contributed by atoms with Gasteiger partial charge in [-0.2, -0.15) is 5.01 Å². The Labute approximate surface area is 159 Å². The third kappa shape index (κ3) is 6.90. The summed E-state index contributed by atoms with van der Waals surface area (Å²) in [5.74, 6) is -0.495.